The highest BCUT2D eigenvalue weighted by Crippen LogP contribution is 2.37. The maximum atomic E-state index is 15.2. The number of pyridine rings is 1. The maximum absolute atomic E-state index is 15.2. The van der Waals surface area contributed by atoms with E-state index >= 15 is 8.78 Å². The number of morpholine rings is 1. The summed E-state index contributed by atoms with van der Waals surface area (Å²) < 4.78 is 35.5. The predicted octanol–water partition coefficient (Wildman–Crippen LogP) is 3.44. The molecule has 1 saturated heterocycles. The Kier molecular flexibility index (Phi) is 5.41. The Morgan fingerprint density at radius 2 is 1.73 bits per heavy atom. The Morgan fingerprint density at radius 1 is 1.00 bits per heavy atom. The molecule has 0 bridgehead atoms. The normalized spacial score (nSPS) is 14.5. The smallest absolute Gasteiger partial charge is 0.350 e. The molecule has 2 aromatic carbocycles. The number of alkyl halides is 2. The Hall–Kier alpha value is -3.39. The first kappa shape index (κ1) is 19.9. The van der Waals surface area contributed by atoms with Gasteiger partial charge in [-0.3, -0.25) is 14.6 Å². The van der Waals surface area contributed by atoms with Crippen LogP contribution >= 0.6 is 0 Å². The van der Waals surface area contributed by atoms with E-state index in [0.29, 0.717) is 5.56 Å². The molecule has 1 aliphatic heterocycles. The van der Waals surface area contributed by atoms with Crippen LogP contribution in [-0.4, -0.2) is 48.0 Å². The topological polar surface area (TPSA) is 71.5 Å². The summed E-state index contributed by atoms with van der Waals surface area (Å²) in [6, 6.07) is 14.0. The van der Waals surface area contributed by atoms with Crippen LogP contribution in [-0.2, 0) is 15.5 Å². The molecule has 8 heteroatoms. The van der Waals surface area contributed by atoms with Crippen molar-refractivity contribution in [3.8, 4) is 0 Å². The molecule has 1 N–H and O–H groups in total. The molecule has 3 aromatic rings. The SMILES string of the molecule is O=C(Nc1ccc(C(F)(F)C(=O)N2CCOCC2)c2cccnc12)c1ccccc1. The molecule has 0 spiro atoms. The van der Waals surface area contributed by atoms with Gasteiger partial charge in [-0.05, 0) is 30.3 Å². The van der Waals surface area contributed by atoms with Gasteiger partial charge < -0.3 is 15.0 Å². The number of ether oxygens (including phenoxy) is 1. The van der Waals surface area contributed by atoms with Gasteiger partial charge in [0.1, 0.15) is 0 Å². The zero-order chi connectivity index (χ0) is 21.1. The van der Waals surface area contributed by atoms with Crippen LogP contribution in [0.5, 0.6) is 0 Å². The second kappa shape index (κ2) is 8.16. The number of hydrogen-bond donors (Lipinski definition) is 1. The molecular weight excluding hydrogens is 392 g/mol. The Labute approximate surface area is 171 Å². The van der Waals surface area contributed by atoms with Gasteiger partial charge in [-0.1, -0.05) is 24.3 Å². The van der Waals surface area contributed by atoms with Gasteiger partial charge in [-0.2, -0.15) is 8.78 Å². The van der Waals surface area contributed by atoms with Gasteiger partial charge in [0.25, 0.3) is 11.8 Å². The number of carbonyl (C=O) groups excluding carboxylic acids is 2. The molecule has 0 unspecified atom stereocenters. The van der Waals surface area contributed by atoms with Crippen molar-refractivity contribution in [3.05, 3.63) is 71.9 Å². The van der Waals surface area contributed by atoms with E-state index < -0.39 is 17.4 Å². The Morgan fingerprint density at radius 3 is 2.47 bits per heavy atom. The van der Waals surface area contributed by atoms with E-state index in [1.165, 1.54) is 30.5 Å². The number of aromatic nitrogens is 1. The summed E-state index contributed by atoms with van der Waals surface area (Å²) >= 11 is 0. The van der Waals surface area contributed by atoms with Crippen LogP contribution < -0.4 is 5.32 Å². The number of nitrogens with one attached hydrogen (secondary N) is 1. The lowest BCUT2D eigenvalue weighted by Crippen LogP contribution is -2.47. The van der Waals surface area contributed by atoms with Gasteiger partial charge in [0.15, 0.2) is 0 Å². The van der Waals surface area contributed by atoms with E-state index in [-0.39, 0.29) is 48.8 Å². The van der Waals surface area contributed by atoms with Crippen LogP contribution in [0.25, 0.3) is 10.9 Å². The number of carbonyl (C=O) groups is 2. The van der Waals surface area contributed by atoms with Gasteiger partial charge in [0.05, 0.1) is 24.4 Å². The molecule has 1 aromatic heterocycles. The molecule has 0 atom stereocenters. The lowest BCUT2D eigenvalue weighted by Gasteiger charge is -2.30. The largest absolute Gasteiger partial charge is 0.378 e. The first-order chi connectivity index (χ1) is 14.5. The number of fused-ring (bicyclic) bond motifs is 1. The summed E-state index contributed by atoms with van der Waals surface area (Å²) in [5.41, 5.74) is 0.463. The first-order valence-corrected chi connectivity index (χ1v) is 9.48. The number of hydrogen-bond acceptors (Lipinski definition) is 4. The van der Waals surface area contributed by atoms with Gasteiger partial charge in [0, 0.05) is 35.8 Å². The first-order valence-electron chi connectivity index (χ1n) is 9.48. The van der Waals surface area contributed by atoms with Crippen molar-refractivity contribution in [2.75, 3.05) is 31.6 Å². The van der Waals surface area contributed by atoms with Crippen molar-refractivity contribution in [1.82, 2.24) is 9.88 Å². The molecule has 2 heterocycles. The van der Waals surface area contributed by atoms with Crippen LogP contribution in [0.1, 0.15) is 15.9 Å². The van der Waals surface area contributed by atoms with E-state index in [1.54, 1.807) is 30.3 Å². The molecule has 0 aliphatic carbocycles. The van der Waals surface area contributed by atoms with E-state index in [4.69, 9.17) is 4.74 Å². The third-order valence-electron chi connectivity index (χ3n) is 4.96. The van der Waals surface area contributed by atoms with Crippen molar-refractivity contribution in [1.29, 1.82) is 0 Å². The zero-order valence-corrected chi connectivity index (χ0v) is 16.0. The summed E-state index contributed by atoms with van der Waals surface area (Å²) in [6.45, 7) is 0.703. The average molecular weight is 411 g/mol. The maximum Gasteiger partial charge on any atom is 0.350 e. The second-order valence-corrected chi connectivity index (χ2v) is 6.86. The van der Waals surface area contributed by atoms with Gasteiger partial charge in [-0.15, -0.1) is 0 Å². The third kappa shape index (κ3) is 3.73. The molecule has 30 heavy (non-hydrogen) atoms. The molecular formula is C22H19F2N3O3. The van der Waals surface area contributed by atoms with E-state index in [1.807, 2.05) is 0 Å². The standard InChI is InChI=1S/C22H19F2N3O3/c23-22(24,21(29)27-11-13-30-14-12-27)17-8-9-18(19-16(17)7-4-10-25-19)26-20(28)15-5-2-1-3-6-15/h1-10H,11-14H2,(H,26,28). The summed E-state index contributed by atoms with van der Waals surface area (Å²) in [5, 5.41) is 2.82. The number of halogens is 2. The minimum Gasteiger partial charge on any atom is -0.378 e. The van der Waals surface area contributed by atoms with Crippen molar-refractivity contribution in [2.45, 2.75) is 5.92 Å². The summed E-state index contributed by atoms with van der Waals surface area (Å²) in [4.78, 5) is 30.3. The molecule has 1 fully saturated rings. The summed E-state index contributed by atoms with van der Waals surface area (Å²) in [5.74, 6) is -5.39. The Bertz CT molecular complexity index is 1080. The molecule has 154 valence electrons. The minimum atomic E-state index is -3.74. The molecule has 0 saturated carbocycles. The fourth-order valence-electron chi connectivity index (χ4n) is 3.41. The van der Waals surface area contributed by atoms with Crippen LogP contribution in [0.3, 0.4) is 0 Å². The number of amides is 2. The van der Waals surface area contributed by atoms with Crippen LogP contribution in [0, 0.1) is 0 Å². The van der Waals surface area contributed by atoms with Crippen molar-refractivity contribution in [3.63, 3.8) is 0 Å². The minimum absolute atomic E-state index is 0.106. The van der Waals surface area contributed by atoms with Crippen molar-refractivity contribution in [2.24, 2.45) is 0 Å². The highest BCUT2D eigenvalue weighted by molar-refractivity contribution is 6.09. The highest BCUT2D eigenvalue weighted by Gasteiger charge is 2.45. The van der Waals surface area contributed by atoms with E-state index in [9.17, 15) is 9.59 Å². The van der Waals surface area contributed by atoms with Crippen LogP contribution in [0.2, 0.25) is 0 Å². The van der Waals surface area contributed by atoms with Gasteiger partial charge in [-0.25, -0.2) is 0 Å². The van der Waals surface area contributed by atoms with Crippen LogP contribution in [0.15, 0.2) is 60.8 Å². The van der Waals surface area contributed by atoms with Crippen molar-refractivity contribution >= 4 is 28.4 Å². The molecule has 4 rings (SSSR count). The predicted molar refractivity (Wildman–Crippen MR) is 107 cm³/mol. The monoisotopic (exact) mass is 411 g/mol. The quantitative estimate of drug-likeness (QED) is 0.714. The fourth-order valence-corrected chi connectivity index (χ4v) is 3.41. The van der Waals surface area contributed by atoms with Crippen molar-refractivity contribution < 1.29 is 23.1 Å². The number of benzene rings is 2. The molecule has 1 aliphatic rings. The fraction of sp³-hybridized carbons (Fsp3) is 0.227. The lowest BCUT2D eigenvalue weighted by atomic mass is 10.00. The summed E-state index contributed by atoms with van der Waals surface area (Å²) in [6.07, 6.45) is 1.45. The van der Waals surface area contributed by atoms with E-state index in [0.717, 1.165) is 4.90 Å². The Balaban J connectivity index is 1.70. The number of nitrogens with zero attached hydrogens (tertiary/aromatic N) is 2. The second-order valence-electron chi connectivity index (χ2n) is 6.86. The average Bonchev–Trinajstić information content (AvgIpc) is 2.79. The van der Waals surface area contributed by atoms with Crippen LogP contribution in [0.4, 0.5) is 14.5 Å². The van der Waals surface area contributed by atoms with Gasteiger partial charge >= 0.3 is 5.92 Å². The molecule has 2 amide bonds. The lowest BCUT2D eigenvalue weighted by molar-refractivity contribution is -0.162. The third-order valence-corrected chi connectivity index (χ3v) is 4.96. The molecule has 6 nitrogen and oxygen atoms in total. The van der Waals surface area contributed by atoms with E-state index in [2.05, 4.69) is 10.3 Å². The van der Waals surface area contributed by atoms with Gasteiger partial charge in [0.2, 0.25) is 0 Å². The number of anilines is 1. The highest BCUT2D eigenvalue weighted by atomic mass is 19.3. The molecule has 0 radical (unpaired) electrons. The number of rotatable bonds is 4. The summed E-state index contributed by atoms with van der Waals surface area (Å²) in [7, 11) is 0. The zero-order valence-electron chi connectivity index (χ0n) is 16.0.